The smallest absolute Gasteiger partial charge is 0.315 e. The molecular formula is C15H19ClN4O2. The van der Waals surface area contributed by atoms with Gasteiger partial charge in [-0.25, -0.2) is 9.78 Å². The zero-order valence-electron chi connectivity index (χ0n) is 12.2. The van der Waals surface area contributed by atoms with Crippen LogP contribution in [0.25, 0.3) is 0 Å². The molecule has 0 aliphatic rings. The molecule has 1 aromatic heterocycles. The average molecular weight is 323 g/mol. The molecule has 7 heteroatoms. The Bertz CT molecular complexity index is 603. The second-order valence-electron chi connectivity index (χ2n) is 5.09. The van der Waals surface area contributed by atoms with E-state index in [0.29, 0.717) is 17.1 Å². The van der Waals surface area contributed by atoms with Crippen LogP contribution in [0, 0.1) is 0 Å². The Morgan fingerprint density at radius 1 is 1.50 bits per heavy atom. The average Bonchev–Trinajstić information content (AvgIpc) is 2.97. The predicted molar refractivity (Wildman–Crippen MR) is 84.6 cm³/mol. The van der Waals surface area contributed by atoms with Gasteiger partial charge in [0.25, 0.3) is 0 Å². The van der Waals surface area contributed by atoms with Gasteiger partial charge in [-0.15, -0.1) is 0 Å². The number of hydrogen-bond donors (Lipinski definition) is 3. The third kappa shape index (κ3) is 5.05. The first kappa shape index (κ1) is 16.3. The molecule has 2 aromatic rings. The first-order valence-electron chi connectivity index (χ1n) is 6.98. The zero-order valence-corrected chi connectivity index (χ0v) is 13.0. The van der Waals surface area contributed by atoms with Gasteiger partial charge in [0.15, 0.2) is 0 Å². The van der Waals surface area contributed by atoms with Gasteiger partial charge in [0.1, 0.15) is 0 Å². The van der Waals surface area contributed by atoms with E-state index in [2.05, 4.69) is 15.6 Å². The number of aromatic nitrogens is 2. The van der Waals surface area contributed by atoms with Crippen LogP contribution in [-0.4, -0.2) is 33.3 Å². The molecule has 22 heavy (non-hydrogen) atoms. The number of rotatable bonds is 6. The lowest BCUT2D eigenvalue weighted by Gasteiger charge is -2.17. The molecule has 2 amide bonds. The van der Waals surface area contributed by atoms with E-state index in [-0.39, 0.29) is 18.6 Å². The zero-order chi connectivity index (χ0) is 15.9. The largest absolute Gasteiger partial charge is 0.387 e. The number of amides is 2. The molecule has 6 nitrogen and oxygen atoms in total. The van der Waals surface area contributed by atoms with Gasteiger partial charge < -0.3 is 20.3 Å². The molecule has 2 atom stereocenters. The molecule has 2 unspecified atom stereocenters. The van der Waals surface area contributed by atoms with E-state index in [1.165, 1.54) is 0 Å². The highest BCUT2D eigenvalue weighted by atomic mass is 35.5. The number of aliphatic hydroxyl groups is 1. The van der Waals surface area contributed by atoms with Crippen LogP contribution in [0.4, 0.5) is 4.79 Å². The topological polar surface area (TPSA) is 79.2 Å². The van der Waals surface area contributed by atoms with Crippen molar-refractivity contribution in [3.63, 3.8) is 0 Å². The quantitative estimate of drug-likeness (QED) is 0.760. The number of urea groups is 1. The summed E-state index contributed by atoms with van der Waals surface area (Å²) < 4.78 is 1.88. The van der Waals surface area contributed by atoms with Crippen molar-refractivity contribution in [2.45, 2.75) is 25.6 Å². The van der Waals surface area contributed by atoms with Gasteiger partial charge in [0.2, 0.25) is 0 Å². The van der Waals surface area contributed by atoms with E-state index < -0.39 is 6.10 Å². The number of imidazole rings is 1. The van der Waals surface area contributed by atoms with Crippen molar-refractivity contribution >= 4 is 17.6 Å². The first-order valence-corrected chi connectivity index (χ1v) is 7.36. The van der Waals surface area contributed by atoms with Crippen molar-refractivity contribution in [2.75, 3.05) is 6.54 Å². The summed E-state index contributed by atoms with van der Waals surface area (Å²) in [6, 6.07) is 6.54. The van der Waals surface area contributed by atoms with Gasteiger partial charge in [0, 0.05) is 36.5 Å². The fourth-order valence-corrected chi connectivity index (χ4v) is 2.25. The SMILES string of the molecule is CC(Cn1ccnc1)NC(=O)NCC(O)c1cccc(Cl)c1. The van der Waals surface area contributed by atoms with Gasteiger partial charge in [0.05, 0.1) is 12.4 Å². The van der Waals surface area contributed by atoms with Gasteiger partial charge in [-0.3, -0.25) is 0 Å². The van der Waals surface area contributed by atoms with Crippen molar-refractivity contribution in [1.29, 1.82) is 0 Å². The Morgan fingerprint density at radius 2 is 2.32 bits per heavy atom. The summed E-state index contributed by atoms with van der Waals surface area (Å²) in [6.45, 7) is 2.64. The number of nitrogens with zero attached hydrogens (tertiary/aromatic N) is 2. The van der Waals surface area contributed by atoms with Gasteiger partial charge >= 0.3 is 6.03 Å². The summed E-state index contributed by atoms with van der Waals surface area (Å²) in [6.07, 6.45) is 4.42. The number of carbonyl (C=O) groups is 1. The van der Waals surface area contributed by atoms with Crippen LogP contribution < -0.4 is 10.6 Å². The van der Waals surface area contributed by atoms with Gasteiger partial charge in [-0.2, -0.15) is 0 Å². The maximum Gasteiger partial charge on any atom is 0.315 e. The molecule has 0 radical (unpaired) electrons. The standard InChI is InChI=1S/C15H19ClN4O2/c1-11(9-20-6-5-17-10-20)19-15(22)18-8-14(21)12-3-2-4-13(16)7-12/h2-7,10-11,14,21H,8-9H2,1H3,(H2,18,19,22). The summed E-state index contributed by atoms with van der Waals surface area (Å²) in [7, 11) is 0. The molecule has 0 aliphatic heterocycles. The molecule has 2 rings (SSSR count). The Morgan fingerprint density at radius 3 is 3.00 bits per heavy atom. The monoisotopic (exact) mass is 322 g/mol. The second kappa shape index (κ2) is 7.82. The van der Waals surface area contributed by atoms with Crippen LogP contribution in [0.5, 0.6) is 0 Å². The highest BCUT2D eigenvalue weighted by Crippen LogP contribution is 2.16. The minimum absolute atomic E-state index is 0.0579. The number of hydrogen-bond acceptors (Lipinski definition) is 3. The Balaban J connectivity index is 1.75. The molecule has 3 N–H and O–H groups in total. The number of nitrogens with one attached hydrogen (secondary N) is 2. The molecule has 1 heterocycles. The number of carbonyl (C=O) groups excluding carboxylic acids is 1. The molecule has 0 bridgehead atoms. The van der Waals surface area contributed by atoms with E-state index in [9.17, 15) is 9.90 Å². The highest BCUT2D eigenvalue weighted by Gasteiger charge is 2.11. The Hall–Kier alpha value is -2.05. The minimum Gasteiger partial charge on any atom is -0.387 e. The minimum atomic E-state index is -0.798. The molecule has 118 valence electrons. The van der Waals surface area contributed by atoms with Gasteiger partial charge in [-0.1, -0.05) is 23.7 Å². The molecule has 0 fully saturated rings. The Kier molecular flexibility index (Phi) is 5.80. The van der Waals surface area contributed by atoms with Crippen molar-refractivity contribution in [1.82, 2.24) is 20.2 Å². The van der Waals surface area contributed by atoms with Crippen LogP contribution in [0.3, 0.4) is 0 Å². The van der Waals surface area contributed by atoms with Crippen LogP contribution in [-0.2, 0) is 6.54 Å². The second-order valence-corrected chi connectivity index (χ2v) is 5.52. The van der Waals surface area contributed by atoms with Crippen molar-refractivity contribution in [3.05, 3.63) is 53.6 Å². The molecular weight excluding hydrogens is 304 g/mol. The fraction of sp³-hybridized carbons (Fsp3) is 0.333. The van der Waals surface area contributed by atoms with Gasteiger partial charge in [-0.05, 0) is 24.6 Å². The normalized spacial score (nSPS) is 13.4. The summed E-state index contributed by atoms with van der Waals surface area (Å²) in [5, 5.41) is 16.0. The number of benzene rings is 1. The van der Waals surface area contributed by atoms with Crippen molar-refractivity contribution < 1.29 is 9.90 Å². The van der Waals surface area contributed by atoms with Crippen LogP contribution in [0.15, 0.2) is 43.0 Å². The molecule has 0 aliphatic carbocycles. The van der Waals surface area contributed by atoms with E-state index in [0.717, 1.165) is 0 Å². The third-order valence-corrected chi connectivity index (χ3v) is 3.35. The number of halogens is 1. The molecule has 0 spiro atoms. The Labute approximate surface area is 134 Å². The maximum absolute atomic E-state index is 11.8. The lowest BCUT2D eigenvalue weighted by molar-refractivity contribution is 0.172. The van der Waals surface area contributed by atoms with E-state index in [1.54, 1.807) is 36.8 Å². The fourth-order valence-electron chi connectivity index (χ4n) is 2.05. The maximum atomic E-state index is 11.8. The van der Waals surface area contributed by atoms with Crippen LogP contribution in [0.2, 0.25) is 5.02 Å². The van der Waals surface area contributed by atoms with Crippen LogP contribution >= 0.6 is 11.6 Å². The van der Waals surface area contributed by atoms with Crippen molar-refractivity contribution in [3.8, 4) is 0 Å². The summed E-state index contributed by atoms with van der Waals surface area (Å²) >= 11 is 5.87. The molecule has 0 saturated heterocycles. The van der Waals surface area contributed by atoms with E-state index >= 15 is 0 Å². The molecule has 0 saturated carbocycles. The lowest BCUT2D eigenvalue weighted by atomic mass is 10.1. The first-order chi connectivity index (χ1) is 10.5. The highest BCUT2D eigenvalue weighted by molar-refractivity contribution is 6.30. The summed E-state index contributed by atoms with van der Waals surface area (Å²) in [5.41, 5.74) is 0.666. The van der Waals surface area contributed by atoms with E-state index in [4.69, 9.17) is 11.6 Å². The van der Waals surface area contributed by atoms with Crippen molar-refractivity contribution in [2.24, 2.45) is 0 Å². The predicted octanol–water partition coefficient (Wildman–Crippen LogP) is 1.96. The lowest BCUT2D eigenvalue weighted by Crippen LogP contribution is -2.43. The summed E-state index contributed by atoms with van der Waals surface area (Å²) in [5.74, 6) is 0. The number of aliphatic hydroxyl groups excluding tert-OH is 1. The summed E-state index contributed by atoms with van der Waals surface area (Å²) in [4.78, 5) is 15.7. The van der Waals surface area contributed by atoms with Crippen LogP contribution in [0.1, 0.15) is 18.6 Å². The third-order valence-electron chi connectivity index (χ3n) is 3.11. The molecule has 1 aromatic carbocycles. The van der Waals surface area contributed by atoms with E-state index in [1.807, 2.05) is 17.7 Å².